The Morgan fingerprint density at radius 1 is 0.886 bits per heavy atom. The SMILES string of the molecule is COc1cc(OC)c(F)c(N2Cc3cnc4c(cc(/C=C/c5ccccn5)n4S(=O)(=O)c4ccccc4)c3N(C)C2=O)c1F. The average molecular weight is 618 g/mol. The number of rotatable bonds is 7. The van der Waals surface area contributed by atoms with E-state index in [4.69, 9.17) is 9.47 Å². The highest BCUT2D eigenvalue weighted by Crippen LogP contribution is 2.43. The van der Waals surface area contributed by atoms with E-state index in [9.17, 15) is 13.2 Å². The van der Waals surface area contributed by atoms with Gasteiger partial charge in [-0.15, -0.1) is 0 Å². The van der Waals surface area contributed by atoms with Gasteiger partial charge in [0.1, 0.15) is 5.69 Å². The van der Waals surface area contributed by atoms with Crippen LogP contribution in [0.2, 0.25) is 0 Å². The van der Waals surface area contributed by atoms with Crippen LogP contribution < -0.4 is 19.3 Å². The molecule has 0 atom stereocenters. The molecule has 0 bridgehead atoms. The molecule has 10 nitrogen and oxygen atoms in total. The Morgan fingerprint density at radius 2 is 1.57 bits per heavy atom. The number of carbonyl (C=O) groups is 1. The molecule has 1 aliphatic rings. The van der Waals surface area contributed by atoms with Gasteiger partial charge in [-0.05, 0) is 42.5 Å². The lowest BCUT2D eigenvalue weighted by Gasteiger charge is -2.35. The minimum atomic E-state index is -4.15. The second-order valence-electron chi connectivity index (χ2n) is 9.79. The predicted octanol–water partition coefficient (Wildman–Crippen LogP) is 5.71. The molecule has 0 unspecified atom stereocenters. The fourth-order valence-corrected chi connectivity index (χ4v) is 6.67. The first kappa shape index (κ1) is 28.8. The summed E-state index contributed by atoms with van der Waals surface area (Å²) < 4.78 is 69.9. The largest absolute Gasteiger partial charge is 0.493 e. The van der Waals surface area contributed by atoms with Crippen molar-refractivity contribution < 1.29 is 31.5 Å². The fourth-order valence-electron chi connectivity index (χ4n) is 5.19. The number of amides is 2. The first-order valence-electron chi connectivity index (χ1n) is 13.3. The highest BCUT2D eigenvalue weighted by Gasteiger charge is 2.37. The van der Waals surface area contributed by atoms with Crippen LogP contribution in [-0.4, -0.2) is 49.7 Å². The zero-order valence-electron chi connectivity index (χ0n) is 23.7. The van der Waals surface area contributed by atoms with E-state index in [1.54, 1.807) is 60.8 Å². The van der Waals surface area contributed by atoms with Crippen LogP contribution in [0.1, 0.15) is 17.0 Å². The smallest absolute Gasteiger partial charge is 0.329 e. The summed E-state index contributed by atoms with van der Waals surface area (Å²) in [4.78, 5) is 24.7. The Balaban J connectivity index is 1.55. The molecule has 0 N–H and O–H groups in total. The summed E-state index contributed by atoms with van der Waals surface area (Å²) in [7, 11) is -0.285. The van der Waals surface area contributed by atoms with Crippen LogP contribution >= 0.6 is 0 Å². The van der Waals surface area contributed by atoms with Crippen LogP contribution in [0.15, 0.2) is 78.0 Å². The molecule has 0 spiro atoms. The molecule has 224 valence electrons. The number of anilines is 2. The second-order valence-corrected chi connectivity index (χ2v) is 11.6. The summed E-state index contributed by atoms with van der Waals surface area (Å²) >= 11 is 0. The van der Waals surface area contributed by atoms with E-state index < -0.39 is 33.4 Å². The standard InChI is InChI=1S/C31H25F2N5O5S/c1-36-28-19(18-37(31(36)39)29-26(32)24(42-2)16-25(43-3)27(29)33)17-35-30-23(28)15-21(13-12-20-9-7-8-14-34-20)38(30)44(40,41)22-10-5-4-6-11-22/h4-17H,18H2,1-3H3/b13-12+. The zero-order valence-corrected chi connectivity index (χ0v) is 24.5. The first-order chi connectivity index (χ1) is 21.2. The van der Waals surface area contributed by atoms with E-state index in [2.05, 4.69) is 9.97 Å². The van der Waals surface area contributed by atoms with E-state index in [1.165, 1.54) is 44.5 Å². The van der Waals surface area contributed by atoms with Gasteiger partial charge in [-0.2, -0.15) is 0 Å². The molecule has 4 heterocycles. The molecular weight excluding hydrogens is 592 g/mol. The number of ether oxygens (including phenoxy) is 2. The van der Waals surface area contributed by atoms with Gasteiger partial charge in [0.15, 0.2) is 28.8 Å². The lowest BCUT2D eigenvalue weighted by atomic mass is 10.1. The van der Waals surface area contributed by atoms with E-state index >= 15 is 8.78 Å². The number of carbonyl (C=O) groups excluding carboxylic acids is 1. The molecule has 6 rings (SSSR count). The van der Waals surface area contributed by atoms with Crippen LogP contribution in [0.25, 0.3) is 23.2 Å². The van der Waals surface area contributed by atoms with Crippen LogP contribution in [0.5, 0.6) is 11.5 Å². The molecule has 2 amide bonds. The number of fused-ring (bicyclic) bond motifs is 3. The molecule has 0 radical (unpaired) electrons. The summed E-state index contributed by atoms with van der Waals surface area (Å²) in [6.07, 6.45) is 6.27. The number of halogens is 2. The zero-order chi connectivity index (χ0) is 31.2. The van der Waals surface area contributed by atoms with E-state index in [0.717, 1.165) is 14.9 Å². The van der Waals surface area contributed by atoms with Gasteiger partial charge in [0.25, 0.3) is 10.0 Å². The number of hydrogen-bond acceptors (Lipinski definition) is 7. The average Bonchev–Trinajstić information content (AvgIpc) is 3.42. The van der Waals surface area contributed by atoms with Gasteiger partial charge in [-0.3, -0.25) is 14.8 Å². The Bertz CT molecular complexity index is 2020. The summed E-state index contributed by atoms with van der Waals surface area (Å²) in [6.45, 7) is -0.263. The van der Waals surface area contributed by atoms with Crippen molar-refractivity contribution in [1.82, 2.24) is 13.9 Å². The molecule has 1 aliphatic heterocycles. The predicted molar refractivity (Wildman–Crippen MR) is 161 cm³/mol. The summed E-state index contributed by atoms with van der Waals surface area (Å²) in [5.74, 6) is -2.76. The molecule has 3 aromatic heterocycles. The van der Waals surface area contributed by atoms with Gasteiger partial charge >= 0.3 is 6.03 Å². The van der Waals surface area contributed by atoms with Crippen molar-refractivity contribution >= 4 is 50.6 Å². The van der Waals surface area contributed by atoms with E-state index in [-0.39, 0.29) is 34.3 Å². The maximum absolute atomic E-state index is 15.4. The van der Waals surface area contributed by atoms with Crippen molar-refractivity contribution in [1.29, 1.82) is 0 Å². The number of nitrogens with zero attached hydrogens (tertiary/aromatic N) is 5. The van der Waals surface area contributed by atoms with E-state index in [0.29, 0.717) is 22.3 Å². The number of urea groups is 1. The van der Waals surface area contributed by atoms with Crippen molar-refractivity contribution in [2.45, 2.75) is 11.4 Å². The fraction of sp³-hybridized carbons (Fsp3) is 0.129. The third-order valence-electron chi connectivity index (χ3n) is 7.26. The minimum absolute atomic E-state index is 0.0398. The van der Waals surface area contributed by atoms with Crippen molar-refractivity contribution in [3.8, 4) is 11.5 Å². The minimum Gasteiger partial charge on any atom is -0.493 e. The number of hydrogen-bond donors (Lipinski definition) is 0. The maximum Gasteiger partial charge on any atom is 0.329 e. The van der Waals surface area contributed by atoms with Crippen molar-refractivity contribution in [2.75, 3.05) is 31.1 Å². The Hall–Kier alpha value is -5.30. The Morgan fingerprint density at radius 3 is 2.20 bits per heavy atom. The Kier molecular flexibility index (Phi) is 7.25. The molecular formula is C31H25F2N5O5S. The molecule has 0 aliphatic carbocycles. The van der Waals surface area contributed by atoms with Gasteiger partial charge in [-0.1, -0.05) is 24.3 Å². The van der Waals surface area contributed by atoms with Crippen molar-refractivity contribution in [3.05, 3.63) is 102 Å². The molecule has 44 heavy (non-hydrogen) atoms. The molecule has 2 aromatic carbocycles. The second kappa shape index (κ2) is 11.1. The number of benzene rings is 2. The van der Waals surface area contributed by atoms with Crippen molar-refractivity contribution in [3.63, 3.8) is 0 Å². The lowest BCUT2D eigenvalue weighted by Crippen LogP contribution is -2.46. The monoisotopic (exact) mass is 617 g/mol. The van der Waals surface area contributed by atoms with Crippen LogP contribution in [0, 0.1) is 11.6 Å². The van der Waals surface area contributed by atoms with Gasteiger partial charge in [0, 0.05) is 36.5 Å². The number of aromatic nitrogens is 3. The van der Waals surface area contributed by atoms with Gasteiger partial charge in [0.05, 0.1) is 42.7 Å². The third kappa shape index (κ3) is 4.61. The van der Waals surface area contributed by atoms with Crippen LogP contribution in [-0.2, 0) is 16.6 Å². The highest BCUT2D eigenvalue weighted by molar-refractivity contribution is 7.90. The van der Waals surface area contributed by atoms with Crippen molar-refractivity contribution in [2.24, 2.45) is 0 Å². The first-order valence-corrected chi connectivity index (χ1v) is 14.7. The molecule has 13 heteroatoms. The van der Waals surface area contributed by atoms with Gasteiger partial charge in [0.2, 0.25) is 0 Å². The topological polar surface area (TPSA) is 107 Å². The Labute approximate surface area is 251 Å². The molecule has 0 fully saturated rings. The quantitative estimate of drug-likeness (QED) is 0.230. The van der Waals surface area contributed by atoms with Crippen LogP contribution in [0.3, 0.4) is 0 Å². The van der Waals surface area contributed by atoms with Crippen LogP contribution in [0.4, 0.5) is 25.0 Å². The maximum atomic E-state index is 15.4. The number of pyridine rings is 2. The summed E-state index contributed by atoms with van der Waals surface area (Å²) in [6, 6.07) is 15.1. The highest BCUT2D eigenvalue weighted by atomic mass is 32.2. The molecule has 5 aromatic rings. The van der Waals surface area contributed by atoms with Gasteiger partial charge in [-0.25, -0.2) is 30.9 Å². The van der Waals surface area contributed by atoms with Gasteiger partial charge < -0.3 is 9.47 Å². The lowest BCUT2D eigenvalue weighted by molar-refractivity contribution is 0.250. The number of methoxy groups -OCH3 is 2. The molecule has 0 saturated heterocycles. The summed E-state index contributed by atoms with van der Waals surface area (Å²) in [5, 5.41) is 0.349. The third-order valence-corrected chi connectivity index (χ3v) is 8.99. The normalized spacial score (nSPS) is 13.5. The molecule has 0 saturated carbocycles. The van der Waals surface area contributed by atoms with E-state index in [1.807, 2.05) is 0 Å². The summed E-state index contributed by atoms with van der Waals surface area (Å²) in [5.41, 5.74) is 1.05.